The average Bonchev–Trinajstić information content (AvgIpc) is 2.29. The summed E-state index contributed by atoms with van der Waals surface area (Å²) in [4.78, 5) is 0. The van der Waals surface area contributed by atoms with E-state index in [2.05, 4.69) is 10.1 Å². The van der Waals surface area contributed by atoms with E-state index in [-0.39, 0.29) is 6.54 Å². The number of halogens is 4. The molecule has 0 bridgehead atoms. The first kappa shape index (κ1) is 14.7. The van der Waals surface area contributed by atoms with Crippen LogP contribution in [-0.4, -0.2) is 26.9 Å². The highest BCUT2D eigenvalue weighted by molar-refractivity contribution is 5.31. The van der Waals surface area contributed by atoms with E-state index in [9.17, 15) is 17.6 Å². The van der Waals surface area contributed by atoms with Gasteiger partial charge in [-0.1, -0.05) is 0 Å². The smallest absolute Gasteiger partial charge is 0.387 e. The number of rotatable bonds is 7. The molecule has 0 unspecified atom stereocenters. The maximum Gasteiger partial charge on any atom is 0.387 e. The van der Waals surface area contributed by atoms with Crippen molar-refractivity contribution < 1.29 is 27.0 Å². The zero-order valence-electron chi connectivity index (χ0n) is 9.68. The van der Waals surface area contributed by atoms with E-state index >= 15 is 0 Å². The summed E-state index contributed by atoms with van der Waals surface area (Å²) >= 11 is 0. The molecule has 0 atom stereocenters. The van der Waals surface area contributed by atoms with Crippen LogP contribution >= 0.6 is 0 Å². The molecule has 102 valence electrons. The standard InChI is InChI=1S/C11H13F4NO2/c1-17-3-2-16-6-7-4-8(12)10(9(13)5-7)18-11(14)15/h4-5,11,16H,2-3,6H2,1H3. The molecule has 3 nitrogen and oxygen atoms in total. The average molecular weight is 267 g/mol. The highest BCUT2D eigenvalue weighted by Gasteiger charge is 2.16. The lowest BCUT2D eigenvalue weighted by Gasteiger charge is -2.09. The largest absolute Gasteiger partial charge is 0.429 e. The Labute approximate surface area is 102 Å². The summed E-state index contributed by atoms with van der Waals surface area (Å²) in [7, 11) is 1.53. The van der Waals surface area contributed by atoms with Gasteiger partial charge in [-0.3, -0.25) is 0 Å². The second-order valence-electron chi connectivity index (χ2n) is 3.44. The summed E-state index contributed by atoms with van der Waals surface area (Å²) in [6.45, 7) is -2.10. The van der Waals surface area contributed by atoms with Gasteiger partial charge in [0, 0.05) is 20.2 Å². The molecule has 0 radical (unpaired) electrons. The van der Waals surface area contributed by atoms with Crippen LogP contribution in [0, 0.1) is 11.6 Å². The number of hydrogen-bond donors (Lipinski definition) is 1. The lowest BCUT2D eigenvalue weighted by molar-refractivity contribution is -0.0546. The van der Waals surface area contributed by atoms with E-state index in [0.717, 1.165) is 12.1 Å². The first-order valence-electron chi connectivity index (χ1n) is 5.17. The zero-order valence-corrected chi connectivity index (χ0v) is 9.68. The number of ether oxygens (including phenoxy) is 2. The van der Waals surface area contributed by atoms with Gasteiger partial charge >= 0.3 is 6.61 Å². The fourth-order valence-electron chi connectivity index (χ4n) is 1.32. The lowest BCUT2D eigenvalue weighted by Crippen LogP contribution is -2.19. The SMILES string of the molecule is COCCNCc1cc(F)c(OC(F)F)c(F)c1. The zero-order chi connectivity index (χ0) is 13.5. The minimum atomic E-state index is -3.26. The second kappa shape index (κ2) is 7.17. The summed E-state index contributed by atoms with van der Waals surface area (Å²) in [5, 5.41) is 2.87. The molecule has 0 fully saturated rings. The number of alkyl halides is 2. The summed E-state index contributed by atoms with van der Waals surface area (Å²) in [5.74, 6) is -3.37. The van der Waals surface area contributed by atoms with Crippen molar-refractivity contribution in [3.63, 3.8) is 0 Å². The maximum absolute atomic E-state index is 13.3. The third-order valence-electron chi connectivity index (χ3n) is 2.08. The Balaban J connectivity index is 2.67. The van der Waals surface area contributed by atoms with Crippen LogP contribution in [0.15, 0.2) is 12.1 Å². The molecule has 0 spiro atoms. The monoisotopic (exact) mass is 267 g/mol. The van der Waals surface area contributed by atoms with Gasteiger partial charge in [-0.2, -0.15) is 8.78 Å². The van der Waals surface area contributed by atoms with Gasteiger partial charge in [0.15, 0.2) is 17.4 Å². The first-order chi connectivity index (χ1) is 8.54. The van der Waals surface area contributed by atoms with E-state index in [1.807, 2.05) is 0 Å². The molecule has 0 aliphatic heterocycles. The highest BCUT2D eigenvalue weighted by atomic mass is 19.3. The summed E-state index contributed by atoms with van der Waals surface area (Å²) in [5.41, 5.74) is 0.294. The van der Waals surface area contributed by atoms with Crippen molar-refractivity contribution in [3.8, 4) is 5.75 Å². The third-order valence-corrected chi connectivity index (χ3v) is 2.08. The number of hydrogen-bond acceptors (Lipinski definition) is 3. The second-order valence-corrected chi connectivity index (χ2v) is 3.44. The minimum Gasteiger partial charge on any atom is -0.429 e. The van der Waals surface area contributed by atoms with Crippen molar-refractivity contribution in [3.05, 3.63) is 29.3 Å². The molecule has 0 saturated carbocycles. The van der Waals surface area contributed by atoms with Gasteiger partial charge in [-0.05, 0) is 17.7 Å². The third kappa shape index (κ3) is 4.50. The van der Waals surface area contributed by atoms with Crippen LogP contribution in [-0.2, 0) is 11.3 Å². The van der Waals surface area contributed by atoms with Crippen LogP contribution in [0.3, 0.4) is 0 Å². The quantitative estimate of drug-likeness (QED) is 0.607. The van der Waals surface area contributed by atoms with Crippen molar-refractivity contribution in [1.82, 2.24) is 5.32 Å². The summed E-state index contributed by atoms with van der Waals surface area (Å²) in [6.07, 6.45) is 0. The van der Waals surface area contributed by atoms with Gasteiger partial charge in [0.25, 0.3) is 0 Å². The van der Waals surface area contributed by atoms with Crippen LogP contribution in [0.25, 0.3) is 0 Å². The van der Waals surface area contributed by atoms with E-state index in [0.29, 0.717) is 18.7 Å². The maximum atomic E-state index is 13.3. The van der Waals surface area contributed by atoms with E-state index < -0.39 is 24.0 Å². The Bertz CT molecular complexity index is 364. The van der Waals surface area contributed by atoms with Crippen molar-refractivity contribution in [2.75, 3.05) is 20.3 Å². The van der Waals surface area contributed by atoms with Crippen molar-refractivity contribution in [2.24, 2.45) is 0 Å². The Kier molecular flexibility index (Phi) is 5.87. The summed E-state index contributed by atoms with van der Waals surface area (Å²) < 4.78 is 58.9. The number of benzene rings is 1. The van der Waals surface area contributed by atoms with Gasteiger partial charge in [0.1, 0.15) is 0 Å². The molecule has 7 heteroatoms. The molecule has 0 amide bonds. The predicted molar refractivity (Wildman–Crippen MR) is 56.6 cm³/mol. The number of nitrogens with one attached hydrogen (secondary N) is 1. The normalized spacial score (nSPS) is 11.0. The van der Waals surface area contributed by atoms with Crippen LogP contribution in [0.4, 0.5) is 17.6 Å². The molecule has 1 aromatic rings. The van der Waals surface area contributed by atoms with Crippen molar-refractivity contribution >= 4 is 0 Å². The Hall–Kier alpha value is -1.34. The van der Waals surface area contributed by atoms with E-state index in [4.69, 9.17) is 4.74 Å². The number of methoxy groups -OCH3 is 1. The molecule has 0 saturated heterocycles. The molecule has 0 aromatic heterocycles. The van der Waals surface area contributed by atoms with Gasteiger partial charge < -0.3 is 14.8 Å². The fourth-order valence-corrected chi connectivity index (χ4v) is 1.32. The van der Waals surface area contributed by atoms with Gasteiger partial charge in [-0.25, -0.2) is 8.78 Å². The molecule has 1 N–H and O–H groups in total. The Morgan fingerprint density at radius 1 is 1.22 bits per heavy atom. The van der Waals surface area contributed by atoms with Gasteiger partial charge in [0.05, 0.1) is 6.61 Å². The molecule has 1 aromatic carbocycles. The molecule has 1 rings (SSSR count). The van der Waals surface area contributed by atoms with Crippen LogP contribution < -0.4 is 10.1 Å². The Morgan fingerprint density at radius 2 is 1.83 bits per heavy atom. The van der Waals surface area contributed by atoms with Gasteiger partial charge in [0.2, 0.25) is 0 Å². The van der Waals surface area contributed by atoms with Crippen LogP contribution in [0.2, 0.25) is 0 Å². The molecular weight excluding hydrogens is 254 g/mol. The molecule has 0 aliphatic carbocycles. The van der Waals surface area contributed by atoms with E-state index in [1.165, 1.54) is 7.11 Å². The Morgan fingerprint density at radius 3 is 2.33 bits per heavy atom. The molecule has 18 heavy (non-hydrogen) atoms. The fraction of sp³-hybridized carbons (Fsp3) is 0.455. The minimum absolute atomic E-state index is 0.201. The molecular formula is C11H13F4NO2. The summed E-state index contributed by atoms with van der Waals surface area (Å²) in [6, 6.07) is 1.89. The highest BCUT2D eigenvalue weighted by Crippen LogP contribution is 2.24. The van der Waals surface area contributed by atoms with E-state index in [1.54, 1.807) is 0 Å². The van der Waals surface area contributed by atoms with Gasteiger partial charge in [-0.15, -0.1) is 0 Å². The molecule has 0 aliphatic rings. The topological polar surface area (TPSA) is 30.5 Å². The molecule has 0 heterocycles. The van der Waals surface area contributed by atoms with Crippen molar-refractivity contribution in [1.29, 1.82) is 0 Å². The van der Waals surface area contributed by atoms with Crippen LogP contribution in [0.5, 0.6) is 5.75 Å². The van der Waals surface area contributed by atoms with Crippen molar-refractivity contribution in [2.45, 2.75) is 13.2 Å². The lowest BCUT2D eigenvalue weighted by atomic mass is 10.2. The first-order valence-corrected chi connectivity index (χ1v) is 5.17. The van der Waals surface area contributed by atoms with Crippen LogP contribution in [0.1, 0.15) is 5.56 Å². The predicted octanol–water partition coefficient (Wildman–Crippen LogP) is 2.30.